The molecule has 6 heteroatoms. The van der Waals surface area contributed by atoms with Gasteiger partial charge in [-0.25, -0.2) is 0 Å². The smallest absolute Gasteiger partial charge is 0.214 e. The molecule has 24 heavy (non-hydrogen) atoms. The summed E-state index contributed by atoms with van der Waals surface area (Å²) in [6.07, 6.45) is 0. The number of hydrogen-bond donors (Lipinski definition) is 0. The number of carbonyl (C=O) groups excluding carboxylic acids is 1. The zero-order chi connectivity index (χ0) is 17.1. The molecule has 0 radical (unpaired) electrons. The molecule has 0 saturated heterocycles. The molecule has 3 rings (SSSR count). The zero-order valence-corrected chi connectivity index (χ0v) is 14.6. The van der Waals surface area contributed by atoms with Crippen LogP contribution in [-0.2, 0) is 0 Å². The van der Waals surface area contributed by atoms with Crippen molar-refractivity contribution in [1.29, 1.82) is 0 Å². The number of hydrogen-bond acceptors (Lipinski definition) is 5. The monoisotopic (exact) mass is 338 g/mol. The summed E-state index contributed by atoms with van der Waals surface area (Å²) in [6, 6.07) is 15.6. The first-order valence-corrected chi connectivity index (χ1v) is 8.56. The summed E-state index contributed by atoms with van der Waals surface area (Å²) in [4.78, 5) is 12.8. The van der Waals surface area contributed by atoms with E-state index in [9.17, 15) is 4.79 Å². The van der Waals surface area contributed by atoms with Crippen LogP contribution in [0.25, 0.3) is 5.69 Å². The van der Waals surface area contributed by atoms with Gasteiger partial charge in [0.2, 0.25) is 5.16 Å². The van der Waals surface area contributed by atoms with Crippen molar-refractivity contribution in [2.45, 2.75) is 31.2 Å². The number of thioether (sulfide) groups is 1. The van der Waals surface area contributed by atoms with Crippen molar-refractivity contribution in [2.75, 3.05) is 0 Å². The van der Waals surface area contributed by atoms with Gasteiger partial charge in [0.15, 0.2) is 5.78 Å². The van der Waals surface area contributed by atoms with E-state index in [1.165, 1.54) is 11.8 Å². The molecule has 0 spiro atoms. The van der Waals surface area contributed by atoms with Crippen LogP contribution >= 0.6 is 11.8 Å². The Balaban J connectivity index is 1.83. The van der Waals surface area contributed by atoms with Crippen LogP contribution in [0.2, 0.25) is 0 Å². The van der Waals surface area contributed by atoms with Crippen LogP contribution in [0.1, 0.15) is 28.4 Å². The van der Waals surface area contributed by atoms with Gasteiger partial charge >= 0.3 is 0 Å². The number of carbonyl (C=O) groups is 1. The predicted octanol–water partition coefficient (Wildman–Crippen LogP) is 3.64. The van der Waals surface area contributed by atoms with E-state index in [0.29, 0.717) is 5.16 Å². The number of ketones is 1. The highest BCUT2D eigenvalue weighted by molar-refractivity contribution is 8.00. The Morgan fingerprint density at radius 3 is 2.62 bits per heavy atom. The lowest BCUT2D eigenvalue weighted by Crippen LogP contribution is -2.16. The van der Waals surface area contributed by atoms with Gasteiger partial charge in [0.25, 0.3) is 0 Å². The van der Waals surface area contributed by atoms with Gasteiger partial charge in [-0.1, -0.05) is 47.7 Å². The van der Waals surface area contributed by atoms with Crippen molar-refractivity contribution in [3.05, 3.63) is 65.2 Å². The summed E-state index contributed by atoms with van der Waals surface area (Å²) in [6.45, 7) is 5.83. The zero-order valence-electron chi connectivity index (χ0n) is 13.8. The Kier molecular flexibility index (Phi) is 4.76. The molecular formula is C18H18N4OS. The Bertz CT molecular complexity index is 860. The summed E-state index contributed by atoms with van der Waals surface area (Å²) in [7, 11) is 0. The lowest BCUT2D eigenvalue weighted by atomic mass is 10.0. The summed E-state index contributed by atoms with van der Waals surface area (Å²) in [5.41, 5.74) is 3.70. The van der Waals surface area contributed by atoms with Crippen LogP contribution < -0.4 is 0 Å². The van der Waals surface area contributed by atoms with E-state index in [2.05, 4.69) is 15.5 Å². The van der Waals surface area contributed by atoms with E-state index in [4.69, 9.17) is 0 Å². The van der Waals surface area contributed by atoms with Crippen molar-refractivity contribution in [1.82, 2.24) is 20.2 Å². The molecule has 1 atom stereocenters. The van der Waals surface area contributed by atoms with E-state index in [0.717, 1.165) is 22.4 Å². The van der Waals surface area contributed by atoms with E-state index >= 15 is 0 Å². The molecule has 2 aromatic carbocycles. The average molecular weight is 338 g/mol. The van der Waals surface area contributed by atoms with Crippen LogP contribution in [0.4, 0.5) is 0 Å². The molecule has 0 amide bonds. The van der Waals surface area contributed by atoms with Gasteiger partial charge < -0.3 is 0 Å². The molecular weight excluding hydrogens is 320 g/mol. The standard InChI is InChI=1S/C18H18N4OS/c1-12-9-10-13(2)16(11-12)17(23)14(3)24-18-19-20-21-22(18)15-7-5-4-6-8-15/h4-11,14H,1-3H3/t14-/m1/s1. The number of rotatable bonds is 5. The van der Waals surface area contributed by atoms with Gasteiger partial charge in [-0.05, 0) is 55.0 Å². The second-order valence-electron chi connectivity index (χ2n) is 5.65. The van der Waals surface area contributed by atoms with Gasteiger partial charge in [-0.2, -0.15) is 4.68 Å². The number of nitrogens with zero attached hydrogens (tertiary/aromatic N) is 4. The fraction of sp³-hybridized carbons (Fsp3) is 0.222. The van der Waals surface area contributed by atoms with E-state index in [1.54, 1.807) is 4.68 Å². The second-order valence-corrected chi connectivity index (χ2v) is 6.96. The number of tetrazole rings is 1. The lowest BCUT2D eigenvalue weighted by Gasteiger charge is -2.12. The van der Waals surface area contributed by atoms with Gasteiger partial charge in [0.1, 0.15) is 0 Å². The molecule has 5 nitrogen and oxygen atoms in total. The van der Waals surface area contributed by atoms with E-state index < -0.39 is 0 Å². The van der Waals surface area contributed by atoms with Crippen molar-refractivity contribution in [3.63, 3.8) is 0 Å². The SMILES string of the molecule is Cc1ccc(C)c(C(=O)[C@@H](C)Sc2nnnn2-c2ccccc2)c1. The number of aromatic nitrogens is 4. The Morgan fingerprint density at radius 2 is 1.88 bits per heavy atom. The first kappa shape index (κ1) is 16.4. The summed E-state index contributed by atoms with van der Waals surface area (Å²) in [5.74, 6) is 0.0869. The highest BCUT2D eigenvalue weighted by atomic mass is 32.2. The summed E-state index contributed by atoms with van der Waals surface area (Å²) in [5, 5.41) is 12.2. The summed E-state index contributed by atoms with van der Waals surface area (Å²) < 4.78 is 1.65. The number of aryl methyl sites for hydroxylation is 2. The van der Waals surface area contributed by atoms with Crippen molar-refractivity contribution in [3.8, 4) is 5.69 Å². The van der Waals surface area contributed by atoms with Gasteiger partial charge in [-0.15, -0.1) is 5.10 Å². The molecule has 0 saturated carbocycles. The molecule has 122 valence electrons. The third-order valence-corrected chi connectivity index (χ3v) is 4.78. The lowest BCUT2D eigenvalue weighted by molar-refractivity contribution is 0.0993. The van der Waals surface area contributed by atoms with E-state index in [-0.39, 0.29) is 11.0 Å². The topological polar surface area (TPSA) is 60.7 Å². The Labute approximate surface area is 145 Å². The van der Waals surface area contributed by atoms with Crippen molar-refractivity contribution < 1.29 is 4.79 Å². The maximum atomic E-state index is 12.8. The quantitative estimate of drug-likeness (QED) is 0.525. The van der Waals surface area contributed by atoms with Crippen molar-refractivity contribution in [2.24, 2.45) is 0 Å². The van der Waals surface area contributed by atoms with Gasteiger partial charge in [-0.3, -0.25) is 4.79 Å². The number of para-hydroxylation sites is 1. The normalized spacial score (nSPS) is 12.1. The summed E-state index contributed by atoms with van der Waals surface area (Å²) >= 11 is 1.37. The van der Waals surface area contributed by atoms with Gasteiger partial charge in [0.05, 0.1) is 10.9 Å². The fourth-order valence-corrected chi connectivity index (χ4v) is 3.29. The molecule has 0 unspecified atom stereocenters. The molecule has 0 aliphatic heterocycles. The molecule has 0 aliphatic carbocycles. The minimum atomic E-state index is -0.279. The van der Waals surface area contributed by atoms with Crippen LogP contribution in [0.3, 0.4) is 0 Å². The maximum Gasteiger partial charge on any atom is 0.214 e. The fourth-order valence-electron chi connectivity index (χ4n) is 2.42. The van der Waals surface area contributed by atoms with Crippen LogP contribution in [0, 0.1) is 13.8 Å². The maximum absolute atomic E-state index is 12.8. The molecule has 0 fully saturated rings. The van der Waals surface area contributed by atoms with E-state index in [1.807, 2.05) is 69.3 Å². The largest absolute Gasteiger partial charge is 0.293 e. The van der Waals surface area contributed by atoms with Crippen LogP contribution in [0.5, 0.6) is 0 Å². The highest BCUT2D eigenvalue weighted by Gasteiger charge is 2.21. The average Bonchev–Trinajstić information content (AvgIpc) is 3.05. The Morgan fingerprint density at radius 1 is 1.12 bits per heavy atom. The van der Waals surface area contributed by atoms with Crippen LogP contribution in [-0.4, -0.2) is 31.2 Å². The first-order valence-electron chi connectivity index (χ1n) is 7.68. The minimum absolute atomic E-state index is 0.0869. The first-order chi connectivity index (χ1) is 11.6. The number of Topliss-reactive ketones (excluding diaryl/α,β-unsaturated/α-hetero) is 1. The molecule has 0 aliphatic rings. The molecule has 1 aromatic heterocycles. The van der Waals surface area contributed by atoms with Crippen LogP contribution in [0.15, 0.2) is 53.7 Å². The van der Waals surface area contributed by atoms with Crippen molar-refractivity contribution >= 4 is 17.5 Å². The highest BCUT2D eigenvalue weighted by Crippen LogP contribution is 2.26. The molecule has 0 bridgehead atoms. The molecule has 0 N–H and O–H groups in total. The third-order valence-electron chi connectivity index (χ3n) is 3.75. The minimum Gasteiger partial charge on any atom is -0.293 e. The number of benzene rings is 2. The van der Waals surface area contributed by atoms with Gasteiger partial charge in [0, 0.05) is 5.56 Å². The Hall–Kier alpha value is -2.47. The molecule has 3 aromatic rings. The third kappa shape index (κ3) is 3.38. The molecule has 1 heterocycles. The second kappa shape index (κ2) is 6.97. The predicted molar refractivity (Wildman–Crippen MR) is 94.7 cm³/mol.